The van der Waals surface area contributed by atoms with Crippen LogP contribution in [0.5, 0.6) is 0 Å². The van der Waals surface area contributed by atoms with Crippen molar-refractivity contribution in [1.82, 2.24) is 14.7 Å². The highest BCUT2D eigenvalue weighted by atomic mass is 16.3. The molecule has 1 amide bonds. The normalized spacial score (nSPS) is 11.5. The van der Waals surface area contributed by atoms with Crippen LogP contribution in [0.2, 0.25) is 0 Å². The maximum Gasteiger partial charge on any atom is 0.253 e. The molecule has 5 nitrogen and oxygen atoms in total. The van der Waals surface area contributed by atoms with E-state index in [-0.39, 0.29) is 5.91 Å². The van der Waals surface area contributed by atoms with E-state index < -0.39 is 0 Å². The van der Waals surface area contributed by atoms with Crippen LogP contribution in [0.4, 0.5) is 0 Å². The number of rotatable bonds is 4. The van der Waals surface area contributed by atoms with Gasteiger partial charge in [-0.2, -0.15) is 5.10 Å². The number of carbonyl (C=O) groups is 1. The van der Waals surface area contributed by atoms with Crippen LogP contribution in [0, 0.1) is 20.8 Å². The largest absolute Gasteiger partial charge is 0.461 e. The number of nitrogens with zero attached hydrogens (tertiary/aromatic N) is 3. The lowest BCUT2D eigenvalue weighted by Crippen LogP contribution is -2.26. The van der Waals surface area contributed by atoms with Crippen molar-refractivity contribution in [3.63, 3.8) is 0 Å². The summed E-state index contributed by atoms with van der Waals surface area (Å²) >= 11 is 0. The minimum atomic E-state index is -0.00292. The van der Waals surface area contributed by atoms with Gasteiger partial charge < -0.3 is 9.32 Å². The zero-order valence-corrected chi connectivity index (χ0v) is 15.8. The van der Waals surface area contributed by atoms with Crippen molar-refractivity contribution < 1.29 is 9.21 Å². The first kappa shape index (κ1) is 17.3. The van der Waals surface area contributed by atoms with Crippen LogP contribution >= 0.6 is 0 Å². The maximum atomic E-state index is 12.8. The van der Waals surface area contributed by atoms with Crippen molar-refractivity contribution in [2.45, 2.75) is 47.2 Å². The number of aryl methyl sites for hydroxylation is 2. The topological polar surface area (TPSA) is 51.3 Å². The van der Waals surface area contributed by atoms with E-state index in [1.54, 1.807) is 4.90 Å². The van der Waals surface area contributed by atoms with Gasteiger partial charge in [0.25, 0.3) is 5.91 Å². The summed E-state index contributed by atoms with van der Waals surface area (Å²) in [6, 6.07) is 7.83. The molecular formula is C20H25N3O2. The first-order valence-electron chi connectivity index (χ1n) is 8.58. The van der Waals surface area contributed by atoms with Gasteiger partial charge >= 0.3 is 0 Å². The number of aromatic nitrogens is 2. The maximum absolute atomic E-state index is 12.8. The fraction of sp³-hybridized carbons (Fsp3) is 0.400. The van der Waals surface area contributed by atoms with Crippen molar-refractivity contribution in [3.8, 4) is 0 Å². The molecule has 0 aliphatic carbocycles. The lowest BCUT2D eigenvalue weighted by Gasteiger charge is -2.18. The Bertz CT molecular complexity index is 934. The Labute approximate surface area is 148 Å². The van der Waals surface area contributed by atoms with Gasteiger partial charge in [0.1, 0.15) is 11.3 Å². The summed E-state index contributed by atoms with van der Waals surface area (Å²) in [5.41, 5.74) is 4.69. The smallest absolute Gasteiger partial charge is 0.253 e. The summed E-state index contributed by atoms with van der Waals surface area (Å²) in [7, 11) is 1.83. The minimum Gasteiger partial charge on any atom is -0.461 e. The molecule has 0 saturated carbocycles. The van der Waals surface area contributed by atoms with Gasteiger partial charge in [-0.15, -0.1) is 0 Å². The molecule has 3 aromatic rings. The Morgan fingerprint density at radius 1 is 1.24 bits per heavy atom. The van der Waals surface area contributed by atoms with Gasteiger partial charge in [-0.3, -0.25) is 9.48 Å². The molecule has 5 heteroatoms. The van der Waals surface area contributed by atoms with Crippen molar-refractivity contribution in [3.05, 3.63) is 52.5 Å². The van der Waals surface area contributed by atoms with Gasteiger partial charge in [-0.05, 0) is 58.9 Å². The molecule has 0 bridgehead atoms. The fourth-order valence-electron chi connectivity index (χ4n) is 3.27. The molecule has 2 heterocycles. The number of furan rings is 1. The Kier molecular flexibility index (Phi) is 4.41. The lowest BCUT2D eigenvalue weighted by molar-refractivity contribution is 0.0785. The summed E-state index contributed by atoms with van der Waals surface area (Å²) in [5, 5.41) is 5.56. The third-order valence-corrected chi connectivity index (χ3v) is 4.59. The highest BCUT2D eigenvalue weighted by Crippen LogP contribution is 2.22. The van der Waals surface area contributed by atoms with Crippen LogP contribution in [0.15, 0.2) is 28.7 Å². The molecule has 1 aromatic carbocycles. The number of carbonyl (C=O) groups excluding carboxylic acids is 1. The van der Waals surface area contributed by atoms with Gasteiger partial charge in [0.05, 0.1) is 5.69 Å². The van der Waals surface area contributed by atoms with E-state index in [9.17, 15) is 4.79 Å². The van der Waals surface area contributed by atoms with Crippen molar-refractivity contribution >= 4 is 16.9 Å². The standard InChI is InChI=1S/C20H25N3O2/c1-12(2)23-15(5)18(14(4)21-23)11-22(6)20(24)16-7-8-19-17(10-16)9-13(3)25-19/h7-10,12H,11H2,1-6H3. The van der Waals surface area contributed by atoms with Gasteiger partial charge in [0.2, 0.25) is 0 Å². The molecule has 0 atom stereocenters. The van der Waals surface area contributed by atoms with Crippen molar-refractivity contribution in [1.29, 1.82) is 0 Å². The first-order chi connectivity index (χ1) is 11.8. The van der Waals surface area contributed by atoms with Gasteiger partial charge in [0, 0.05) is 41.8 Å². The van der Waals surface area contributed by atoms with E-state index >= 15 is 0 Å². The third kappa shape index (κ3) is 3.18. The zero-order valence-electron chi connectivity index (χ0n) is 15.8. The zero-order chi connectivity index (χ0) is 18.3. The van der Waals surface area contributed by atoms with Crippen LogP contribution in [0.1, 0.15) is 53.0 Å². The number of benzene rings is 1. The van der Waals surface area contributed by atoms with Crippen LogP contribution in [-0.4, -0.2) is 27.6 Å². The van der Waals surface area contributed by atoms with E-state index in [4.69, 9.17) is 4.42 Å². The molecule has 0 aliphatic heterocycles. The number of fused-ring (bicyclic) bond motifs is 1. The number of hydrogen-bond acceptors (Lipinski definition) is 3. The molecule has 2 aromatic heterocycles. The average Bonchev–Trinajstić information content (AvgIpc) is 3.06. The Morgan fingerprint density at radius 2 is 1.96 bits per heavy atom. The summed E-state index contributed by atoms with van der Waals surface area (Å²) < 4.78 is 7.60. The van der Waals surface area contributed by atoms with Crippen LogP contribution in [0.3, 0.4) is 0 Å². The Hall–Kier alpha value is -2.56. The molecule has 0 unspecified atom stereocenters. The van der Waals surface area contributed by atoms with Crippen molar-refractivity contribution in [2.75, 3.05) is 7.05 Å². The van der Waals surface area contributed by atoms with Crippen LogP contribution < -0.4 is 0 Å². The van der Waals surface area contributed by atoms with E-state index in [0.717, 1.165) is 33.7 Å². The molecule has 0 N–H and O–H groups in total. The van der Waals surface area contributed by atoms with Gasteiger partial charge in [-0.1, -0.05) is 0 Å². The predicted molar refractivity (Wildman–Crippen MR) is 98.8 cm³/mol. The van der Waals surface area contributed by atoms with Crippen molar-refractivity contribution in [2.24, 2.45) is 0 Å². The summed E-state index contributed by atoms with van der Waals surface area (Å²) in [5.74, 6) is 0.845. The second kappa shape index (κ2) is 6.39. The summed E-state index contributed by atoms with van der Waals surface area (Å²) in [6.07, 6.45) is 0. The molecule has 3 rings (SSSR count). The van der Waals surface area contributed by atoms with Crippen LogP contribution in [-0.2, 0) is 6.54 Å². The molecule has 25 heavy (non-hydrogen) atoms. The quantitative estimate of drug-likeness (QED) is 0.707. The monoisotopic (exact) mass is 339 g/mol. The molecule has 0 saturated heterocycles. The van der Waals surface area contributed by atoms with E-state index in [2.05, 4.69) is 25.9 Å². The third-order valence-electron chi connectivity index (χ3n) is 4.59. The molecule has 0 aliphatic rings. The highest BCUT2D eigenvalue weighted by Gasteiger charge is 2.19. The Balaban J connectivity index is 1.85. The summed E-state index contributed by atoms with van der Waals surface area (Å²) in [4.78, 5) is 14.6. The average molecular weight is 339 g/mol. The summed E-state index contributed by atoms with van der Waals surface area (Å²) in [6.45, 7) is 10.7. The van der Waals surface area contributed by atoms with E-state index in [0.29, 0.717) is 18.2 Å². The second-order valence-corrected chi connectivity index (χ2v) is 6.96. The lowest BCUT2D eigenvalue weighted by atomic mass is 10.1. The molecule has 0 fully saturated rings. The SMILES string of the molecule is Cc1cc2cc(C(=O)N(C)Cc3c(C)nn(C(C)C)c3C)ccc2o1. The van der Waals surface area contributed by atoms with E-state index in [1.807, 2.05) is 49.8 Å². The molecular weight excluding hydrogens is 314 g/mol. The number of hydrogen-bond donors (Lipinski definition) is 0. The molecule has 0 radical (unpaired) electrons. The predicted octanol–water partition coefficient (Wildman–Crippen LogP) is 4.41. The molecule has 0 spiro atoms. The fourth-order valence-corrected chi connectivity index (χ4v) is 3.27. The van der Waals surface area contributed by atoms with E-state index in [1.165, 1.54) is 0 Å². The second-order valence-electron chi connectivity index (χ2n) is 6.96. The Morgan fingerprint density at radius 3 is 2.60 bits per heavy atom. The number of amides is 1. The minimum absolute atomic E-state index is 0.00292. The van der Waals surface area contributed by atoms with Gasteiger partial charge in [-0.25, -0.2) is 0 Å². The first-order valence-corrected chi connectivity index (χ1v) is 8.58. The highest BCUT2D eigenvalue weighted by molar-refractivity contribution is 5.97. The van der Waals surface area contributed by atoms with Crippen LogP contribution in [0.25, 0.3) is 11.0 Å². The van der Waals surface area contributed by atoms with Gasteiger partial charge in [0.15, 0.2) is 0 Å². The molecule has 132 valence electrons.